The van der Waals surface area contributed by atoms with Crippen molar-refractivity contribution in [3.05, 3.63) is 5.57 Å². The van der Waals surface area contributed by atoms with E-state index in [0.29, 0.717) is 5.57 Å². The number of nitrogens with one attached hydrogen (secondary N) is 1. The van der Waals surface area contributed by atoms with Crippen molar-refractivity contribution in [2.45, 2.75) is 6.92 Å². The van der Waals surface area contributed by atoms with Crippen molar-refractivity contribution in [3.8, 4) is 0 Å². The lowest BCUT2D eigenvalue weighted by atomic mass is 10.3. The number of imide groups is 1. The largest absolute Gasteiger partial charge is 0.356 e. The highest BCUT2D eigenvalue weighted by Gasteiger charge is 2.11. The number of amides is 3. The molecular weight excluding hydrogens is 120 g/mol. The van der Waals surface area contributed by atoms with Crippen LogP contribution < -0.4 is 5.32 Å². The first-order chi connectivity index (χ1) is 4.20. The second kappa shape index (κ2) is 1.84. The molecule has 1 heterocycles. The van der Waals surface area contributed by atoms with E-state index in [1.54, 1.807) is 0 Å². The Labute approximate surface area is 51.3 Å². The number of rotatable bonds is 0. The van der Waals surface area contributed by atoms with Gasteiger partial charge in [-0.25, -0.2) is 4.79 Å². The van der Waals surface area contributed by atoms with Gasteiger partial charge in [0.05, 0.1) is 5.57 Å². The van der Waals surface area contributed by atoms with Crippen LogP contribution in [0, 0.1) is 0 Å². The molecule has 1 N–H and O–H groups in total. The third-order valence-corrected chi connectivity index (χ3v) is 0.886. The van der Waals surface area contributed by atoms with Crippen LogP contribution >= 0.6 is 0 Å². The zero-order chi connectivity index (χ0) is 6.85. The standard InChI is InChI=1S/C5H4N2O2/c1-3-2-6-5(9)7-4(3)8/h1H3,(H,7,8,9). The van der Waals surface area contributed by atoms with Crippen molar-refractivity contribution in [2.75, 3.05) is 0 Å². The van der Waals surface area contributed by atoms with Crippen LogP contribution in [0.5, 0.6) is 0 Å². The fraction of sp³-hybridized carbons (Fsp3) is 0.200. The van der Waals surface area contributed by atoms with E-state index in [-0.39, 0.29) is 0 Å². The summed E-state index contributed by atoms with van der Waals surface area (Å²) in [6, 6.07) is -0.648. The minimum atomic E-state index is -0.648. The summed E-state index contributed by atoms with van der Waals surface area (Å²) in [5.41, 5.74) is 0.328. The molecule has 3 amide bonds. The first-order valence-corrected chi connectivity index (χ1v) is 2.36. The predicted octanol–water partition coefficient (Wildman–Crippen LogP) is -0.148. The van der Waals surface area contributed by atoms with Crippen LogP contribution in [-0.2, 0) is 4.79 Å². The van der Waals surface area contributed by atoms with Gasteiger partial charge in [0.25, 0.3) is 5.91 Å². The SMILES string of the molecule is CC1=C=NC(=O)NC1=O. The molecule has 4 heteroatoms. The number of hydrogen-bond donors (Lipinski definition) is 1. The third kappa shape index (κ3) is 1.03. The fourth-order valence-electron chi connectivity index (χ4n) is 0.404. The van der Waals surface area contributed by atoms with Crippen LogP contribution in [0.25, 0.3) is 0 Å². The zero-order valence-electron chi connectivity index (χ0n) is 4.76. The molecule has 0 bridgehead atoms. The molecule has 9 heavy (non-hydrogen) atoms. The zero-order valence-corrected chi connectivity index (χ0v) is 4.76. The van der Waals surface area contributed by atoms with Gasteiger partial charge in [-0.15, -0.1) is 4.99 Å². The van der Waals surface area contributed by atoms with E-state index in [0.717, 1.165) is 0 Å². The second-order valence-corrected chi connectivity index (χ2v) is 1.61. The Hall–Kier alpha value is -1.41. The third-order valence-electron chi connectivity index (χ3n) is 0.886. The molecule has 0 saturated carbocycles. The van der Waals surface area contributed by atoms with Gasteiger partial charge < -0.3 is 0 Å². The van der Waals surface area contributed by atoms with Gasteiger partial charge in [-0.1, -0.05) is 0 Å². The molecule has 0 saturated heterocycles. The number of aliphatic imine (C=N–C) groups is 1. The summed E-state index contributed by atoms with van der Waals surface area (Å²) in [4.78, 5) is 24.0. The van der Waals surface area contributed by atoms with Crippen molar-refractivity contribution < 1.29 is 9.59 Å². The van der Waals surface area contributed by atoms with Gasteiger partial charge in [-0.05, 0) is 6.92 Å². The van der Waals surface area contributed by atoms with E-state index in [9.17, 15) is 9.59 Å². The first kappa shape index (κ1) is 5.72. The predicted molar refractivity (Wildman–Crippen MR) is 30.2 cm³/mol. The molecule has 0 aromatic rings. The monoisotopic (exact) mass is 124 g/mol. The quantitative estimate of drug-likeness (QED) is 0.488. The van der Waals surface area contributed by atoms with Crippen molar-refractivity contribution in [2.24, 2.45) is 4.99 Å². The summed E-state index contributed by atoms with van der Waals surface area (Å²) in [5.74, 6) is 1.84. The van der Waals surface area contributed by atoms with Gasteiger partial charge in [-0.2, -0.15) is 0 Å². The molecule has 0 fully saturated rings. The van der Waals surface area contributed by atoms with Crippen LogP contribution in [0.1, 0.15) is 6.92 Å². The lowest BCUT2D eigenvalue weighted by Crippen LogP contribution is -2.31. The summed E-state index contributed by atoms with van der Waals surface area (Å²) in [6.07, 6.45) is 0. The van der Waals surface area contributed by atoms with Crippen molar-refractivity contribution in [1.82, 2.24) is 5.32 Å². The molecule has 0 aromatic heterocycles. The topological polar surface area (TPSA) is 58.5 Å². The lowest BCUT2D eigenvalue weighted by molar-refractivity contribution is -0.116. The molecule has 1 aliphatic heterocycles. The minimum absolute atomic E-state index is 0.328. The maximum atomic E-state index is 10.5. The number of hydrogen-bond acceptors (Lipinski definition) is 2. The molecule has 4 nitrogen and oxygen atoms in total. The van der Waals surface area contributed by atoms with Gasteiger partial charge in [0.1, 0.15) is 0 Å². The Morgan fingerprint density at radius 3 is 2.67 bits per heavy atom. The maximum absolute atomic E-state index is 10.5. The highest BCUT2D eigenvalue weighted by atomic mass is 16.2. The summed E-state index contributed by atoms with van der Waals surface area (Å²) in [5, 5.41) is 1.98. The summed E-state index contributed by atoms with van der Waals surface area (Å²) in [6.45, 7) is 1.53. The molecule has 1 aliphatic rings. The molecular formula is C5H4N2O2. The highest BCUT2D eigenvalue weighted by Crippen LogP contribution is 1.90. The van der Waals surface area contributed by atoms with Gasteiger partial charge >= 0.3 is 6.03 Å². The number of nitrogens with zero attached hydrogens (tertiary/aromatic N) is 1. The van der Waals surface area contributed by atoms with Crippen LogP contribution in [0.3, 0.4) is 0 Å². The molecule has 0 aliphatic carbocycles. The molecule has 46 valence electrons. The molecule has 0 atom stereocenters. The van der Waals surface area contributed by atoms with Crippen LogP contribution in [-0.4, -0.2) is 17.8 Å². The van der Waals surface area contributed by atoms with E-state index in [4.69, 9.17) is 0 Å². The van der Waals surface area contributed by atoms with Gasteiger partial charge in [-0.3, -0.25) is 10.1 Å². The van der Waals surface area contributed by atoms with Crippen molar-refractivity contribution >= 4 is 17.8 Å². The summed E-state index contributed by atoms with van der Waals surface area (Å²) < 4.78 is 0. The summed E-state index contributed by atoms with van der Waals surface area (Å²) in [7, 11) is 0. The van der Waals surface area contributed by atoms with Gasteiger partial charge in [0, 0.05) is 5.87 Å². The Kier molecular flexibility index (Phi) is 1.17. The van der Waals surface area contributed by atoms with E-state index in [1.165, 1.54) is 6.92 Å². The Morgan fingerprint density at radius 2 is 2.22 bits per heavy atom. The Bertz CT molecular complexity index is 235. The number of carbonyl (C=O) groups excluding carboxylic acids is 2. The fourth-order valence-corrected chi connectivity index (χ4v) is 0.404. The normalized spacial score (nSPS) is 17.2. The molecule has 0 unspecified atom stereocenters. The maximum Gasteiger partial charge on any atom is 0.356 e. The van der Waals surface area contributed by atoms with Gasteiger partial charge in [0.2, 0.25) is 0 Å². The average molecular weight is 124 g/mol. The highest BCUT2D eigenvalue weighted by molar-refractivity contribution is 6.13. The molecule has 0 radical (unpaired) electrons. The Balaban J connectivity index is 3.05. The van der Waals surface area contributed by atoms with Gasteiger partial charge in [0.15, 0.2) is 0 Å². The van der Waals surface area contributed by atoms with E-state index in [2.05, 4.69) is 10.9 Å². The average Bonchev–Trinajstić information content (AvgIpc) is 1.80. The van der Waals surface area contributed by atoms with Crippen molar-refractivity contribution in [3.63, 3.8) is 0 Å². The molecule has 1 rings (SSSR count). The van der Waals surface area contributed by atoms with Crippen LogP contribution in [0.15, 0.2) is 10.6 Å². The van der Waals surface area contributed by atoms with Crippen LogP contribution in [0.4, 0.5) is 4.79 Å². The lowest BCUT2D eigenvalue weighted by Gasteiger charge is -1.99. The van der Waals surface area contributed by atoms with E-state index >= 15 is 0 Å². The minimum Gasteiger partial charge on any atom is -0.271 e. The smallest absolute Gasteiger partial charge is 0.271 e. The number of carbonyl (C=O) groups is 2. The molecule has 0 spiro atoms. The van der Waals surface area contributed by atoms with E-state index < -0.39 is 11.9 Å². The van der Waals surface area contributed by atoms with Crippen LogP contribution in [0.2, 0.25) is 0 Å². The summed E-state index contributed by atoms with van der Waals surface area (Å²) >= 11 is 0. The first-order valence-electron chi connectivity index (χ1n) is 2.36. The molecule has 0 aromatic carbocycles. The Morgan fingerprint density at radius 1 is 1.56 bits per heavy atom. The van der Waals surface area contributed by atoms with Crippen molar-refractivity contribution in [1.29, 1.82) is 0 Å². The number of urea groups is 1. The second-order valence-electron chi connectivity index (χ2n) is 1.61. The van der Waals surface area contributed by atoms with E-state index in [1.807, 2.05) is 5.32 Å².